The summed E-state index contributed by atoms with van der Waals surface area (Å²) in [5.41, 5.74) is 7.63. The third-order valence-electron chi connectivity index (χ3n) is 1.20. The van der Waals surface area contributed by atoms with E-state index in [0.29, 0.717) is 0 Å². The number of hydrogen-bond acceptors (Lipinski definition) is 2. The largest absolute Gasteiger partial charge is 0.375 e. The monoisotopic (exact) mass is 167 g/mol. The van der Waals surface area contributed by atoms with E-state index in [2.05, 4.69) is 22.7 Å². The third-order valence-corrected chi connectivity index (χ3v) is 1.29. The Hall–Kier alpha value is -1.16. The molecule has 1 aliphatic rings. The van der Waals surface area contributed by atoms with E-state index in [9.17, 15) is 0 Å². The molecule has 0 heterocycles. The number of rotatable bonds is 2. The topological polar surface area (TPSA) is 50.4 Å². The molecule has 1 aliphatic carbocycles. The Labute approximate surface area is 70.7 Å². The van der Waals surface area contributed by atoms with E-state index in [0.717, 1.165) is 0 Å². The van der Waals surface area contributed by atoms with Crippen LogP contribution in [0.5, 0.6) is 0 Å². The van der Waals surface area contributed by atoms with Crippen LogP contribution in [0, 0.1) is 5.92 Å². The predicted octanol–water partition coefficient (Wildman–Crippen LogP) is 0.548. The maximum absolute atomic E-state index is 5.15. The lowest BCUT2D eigenvalue weighted by molar-refractivity contribution is 1.01. The Morgan fingerprint density at radius 2 is 2.18 bits per heavy atom. The lowest BCUT2D eigenvalue weighted by Gasteiger charge is -1.95. The second-order valence-electron chi connectivity index (χ2n) is 2.10. The molecule has 0 aromatic heterocycles. The van der Waals surface area contributed by atoms with Gasteiger partial charge in [-0.1, -0.05) is 24.3 Å². The molecule has 0 unspecified atom stereocenters. The highest BCUT2D eigenvalue weighted by molar-refractivity contribution is 7.80. The van der Waals surface area contributed by atoms with E-state index in [-0.39, 0.29) is 11.0 Å². The average Bonchev–Trinajstić information content (AvgIpc) is 2.39. The van der Waals surface area contributed by atoms with Crippen molar-refractivity contribution in [1.82, 2.24) is 5.43 Å². The molecule has 0 saturated heterocycles. The minimum atomic E-state index is 0.187. The minimum absolute atomic E-state index is 0.187. The van der Waals surface area contributed by atoms with Crippen molar-refractivity contribution in [3.05, 3.63) is 24.3 Å². The summed E-state index contributed by atoms with van der Waals surface area (Å²) in [4.78, 5) is 0. The van der Waals surface area contributed by atoms with Gasteiger partial charge in [-0.25, -0.2) is 0 Å². The lowest BCUT2D eigenvalue weighted by Crippen LogP contribution is -2.24. The van der Waals surface area contributed by atoms with Gasteiger partial charge >= 0.3 is 0 Å². The SMILES string of the molecule is NC(=S)N/N=C/C1C=CC=C1. The Balaban J connectivity index is 2.30. The highest BCUT2D eigenvalue weighted by Crippen LogP contribution is 2.04. The standard InChI is InChI=1S/C7H9N3S/c8-7(11)10-9-5-6-3-1-2-4-6/h1-6H,(H3,8,10,11)/b9-5+. The van der Waals surface area contributed by atoms with Gasteiger partial charge in [0.15, 0.2) is 5.11 Å². The van der Waals surface area contributed by atoms with Crippen LogP contribution in [0.3, 0.4) is 0 Å². The summed E-state index contributed by atoms with van der Waals surface area (Å²) in [6, 6.07) is 0. The van der Waals surface area contributed by atoms with Gasteiger partial charge in [0.05, 0.1) is 0 Å². The molecule has 0 spiro atoms. The Kier molecular flexibility index (Phi) is 2.80. The maximum Gasteiger partial charge on any atom is 0.184 e. The zero-order valence-electron chi connectivity index (χ0n) is 5.90. The number of hydrogen-bond donors (Lipinski definition) is 2. The normalized spacial score (nSPS) is 16.4. The van der Waals surface area contributed by atoms with Crippen LogP contribution in [0.25, 0.3) is 0 Å². The molecule has 4 heteroatoms. The number of thiocarbonyl (C=S) groups is 1. The third kappa shape index (κ3) is 2.95. The molecule has 3 nitrogen and oxygen atoms in total. The molecular weight excluding hydrogens is 158 g/mol. The van der Waals surface area contributed by atoms with Crippen molar-refractivity contribution < 1.29 is 0 Å². The Bertz CT molecular complexity index is 218. The summed E-state index contributed by atoms with van der Waals surface area (Å²) < 4.78 is 0. The highest BCUT2D eigenvalue weighted by atomic mass is 32.1. The summed E-state index contributed by atoms with van der Waals surface area (Å²) >= 11 is 4.55. The molecule has 1 rings (SSSR count). The average molecular weight is 167 g/mol. The maximum atomic E-state index is 5.15. The van der Waals surface area contributed by atoms with Crippen LogP contribution in [-0.2, 0) is 0 Å². The van der Waals surface area contributed by atoms with Gasteiger partial charge in [-0.15, -0.1) is 0 Å². The molecule has 0 amide bonds. The lowest BCUT2D eigenvalue weighted by atomic mass is 10.2. The van der Waals surface area contributed by atoms with Crippen molar-refractivity contribution in [3.8, 4) is 0 Å². The number of nitrogens with zero attached hydrogens (tertiary/aromatic N) is 1. The fraction of sp³-hybridized carbons (Fsp3) is 0.143. The summed E-state index contributed by atoms with van der Waals surface area (Å²) in [6.45, 7) is 0. The number of nitrogens with one attached hydrogen (secondary N) is 1. The molecule has 0 radical (unpaired) electrons. The van der Waals surface area contributed by atoms with Crippen molar-refractivity contribution >= 4 is 23.5 Å². The van der Waals surface area contributed by atoms with Crippen molar-refractivity contribution in [2.24, 2.45) is 16.8 Å². The Morgan fingerprint density at radius 3 is 2.73 bits per heavy atom. The van der Waals surface area contributed by atoms with Crippen LogP contribution in [0.2, 0.25) is 0 Å². The molecule has 58 valence electrons. The van der Waals surface area contributed by atoms with Crippen LogP contribution in [0.1, 0.15) is 0 Å². The van der Waals surface area contributed by atoms with E-state index in [1.54, 1.807) is 6.21 Å². The summed E-state index contributed by atoms with van der Waals surface area (Å²) in [7, 11) is 0. The van der Waals surface area contributed by atoms with Crippen molar-refractivity contribution in [2.75, 3.05) is 0 Å². The molecule has 0 fully saturated rings. The van der Waals surface area contributed by atoms with Gasteiger partial charge in [-0.2, -0.15) is 5.10 Å². The molecule has 0 saturated carbocycles. The summed E-state index contributed by atoms with van der Waals surface area (Å²) in [6.07, 6.45) is 9.71. The van der Waals surface area contributed by atoms with Crippen LogP contribution in [0.4, 0.5) is 0 Å². The molecular formula is C7H9N3S. The zero-order chi connectivity index (χ0) is 8.10. The van der Waals surface area contributed by atoms with E-state index in [4.69, 9.17) is 5.73 Å². The molecule has 0 aromatic carbocycles. The van der Waals surface area contributed by atoms with Gasteiger partial charge in [0, 0.05) is 12.1 Å². The fourth-order valence-corrected chi connectivity index (χ4v) is 0.788. The Morgan fingerprint density at radius 1 is 1.55 bits per heavy atom. The number of hydrazone groups is 1. The van der Waals surface area contributed by atoms with Crippen molar-refractivity contribution in [1.29, 1.82) is 0 Å². The van der Waals surface area contributed by atoms with Gasteiger partial charge < -0.3 is 5.73 Å². The minimum Gasteiger partial charge on any atom is -0.375 e. The molecule has 0 aromatic rings. The first-order valence-electron chi connectivity index (χ1n) is 3.22. The van der Waals surface area contributed by atoms with Gasteiger partial charge in [0.2, 0.25) is 0 Å². The van der Waals surface area contributed by atoms with Crippen molar-refractivity contribution in [2.45, 2.75) is 0 Å². The van der Waals surface area contributed by atoms with E-state index in [1.165, 1.54) is 0 Å². The van der Waals surface area contributed by atoms with E-state index < -0.39 is 0 Å². The van der Waals surface area contributed by atoms with Crippen LogP contribution in [-0.4, -0.2) is 11.3 Å². The van der Waals surface area contributed by atoms with Gasteiger partial charge in [-0.3, -0.25) is 5.43 Å². The first-order chi connectivity index (χ1) is 5.29. The molecule has 0 aliphatic heterocycles. The van der Waals surface area contributed by atoms with Gasteiger partial charge in [0.1, 0.15) is 0 Å². The fourth-order valence-electron chi connectivity index (χ4n) is 0.735. The zero-order valence-corrected chi connectivity index (χ0v) is 6.71. The molecule has 0 bridgehead atoms. The smallest absolute Gasteiger partial charge is 0.184 e. The quantitative estimate of drug-likeness (QED) is 0.359. The second kappa shape index (κ2) is 3.88. The van der Waals surface area contributed by atoms with E-state index in [1.807, 2.05) is 24.3 Å². The highest BCUT2D eigenvalue weighted by Gasteiger charge is 1.97. The van der Waals surface area contributed by atoms with Gasteiger partial charge in [-0.05, 0) is 12.2 Å². The first kappa shape index (κ1) is 7.94. The number of nitrogens with two attached hydrogens (primary N) is 1. The first-order valence-corrected chi connectivity index (χ1v) is 3.63. The van der Waals surface area contributed by atoms with Gasteiger partial charge in [0.25, 0.3) is 0 Å². The number of allylic oxidation sites excluding steroid dienone is 4. The van der Waals surface area contributed by atoms with Crippen molar-refractivity contribution in [3.63, 3.8) is 0 Å². The molecule has 0 atom stereocenters. The summed E-state index contributed by atoms with van der Waals surface area (Å²) in [5.74, 6) is 0.275. The summed E-state index contributed by atoms with van der Waals surface area (Å²) in [5, 5.41) is 4.00. The van der Waals surface area contributed by atoms with E-state index >= 15 is 0 Å². The van der Waals surface area contributed by atoms with Crippen LogP contribution < -0.4 is 11.2 Å². The molecule has 3 N–H and O–H groups in total. The second-order valence-corrected chi connectivity index (χ2v) is 2.54. The van der Waals surface area contributed by atoms with Crippen LogP contribution >= 0.6 is 12.2 Å². The van der Waals surface area contributed by atoms with Crippen LogP contribution in [0.15, 0.2) is 29.4 Å². The predicted molar refractivity (Wildman–Crippen MR) is 50.2 cm³/mol. The molecule has 11 heavy (non-hydrogen) atoms.